The van der Waals surface area contributed by atoms with Gasteiger partial charge in [0.1, 0.15) is 6.33 Å². The first-order valence-electron chi connectivity index (χ1n) is 9.18. The van der Waals surface area contributed by atoms with E-state index in [2.05, 4.69) is 34.7 Å². The summed E-state index contributed by atoms with van der Waals surface area (Å²) in [6, 6.07) is 12.8. The molecule has 150 valence electrons. The maximum atomic E-state index is 12.2. The van der Waals surface area contributed by atoms with E-state index in [0.29, 0.717) is 29.7 Å². The number of carbonyl (C=O) groups excluding carboxylic acids is 1. The number of carbonyl (C=O) groups is 1. The average molecular weight is 393 g/mol. The number of amides is 1. The van der Waals surface area contributed by atoms with E-state index in [9.17, 15) is 4.79 Å². The quantitative estimate of drug-likeness (QED) is 0.590. The van der Waals surface area contributed by atoms with Gasteiger partial charge in [0.2, 0.25) is 5.91 Å². The Morgan fingerprint density at radius 3 is 2.62 bits per heavy atom. The Bertz CT molecular complexity index is 966. The average Bonchev–Trinajstić information content (AvgIpc) is 3.26. The summed E-state index contributed by atoms with van der Waals surface area (Å²) >= 11 is 0. The van der Waals surface area contributed by atoms with E-state index in [-0.39, 0.29) is 5.91 Å². The second-order valence-electron chi connectivity index (χ2n) is 6.74. The topological polar surface area (TPSA) is 91.2 Å². The van der Waals surface area contributed by atoms with Crippen LogP contribution in [0, 0.1) is 5.92 Å². The lowest BCUT2D eigenvalue weighted by Gasteiger charge is -2.12. The van der Waals surface area contributed by atoms with Crippen molar-refractivity contribution in [3.8, 4) is 17.2 Å². The molecule has 0 aliphatic rings. The highest BCUT2D eigenvalue weighted by Crippen LogP contribution is 2.29. The van der Waals surface area contributed by atoms with Gasteiger partial charge < -0.3 is 14.8 Å². The Balaban J connectivity index is 1.61. The third kappa shape index (κ3) is 5.65. The summed E-state index contributed by atoms with van der Waals surface area (Å²) in [6.45, 7) is 4.78. The van der Waals surface area contributed by atoms with Crippen molar-refractivity contribution >= 4 is 17.7 Å². The maximum absolute atomic E-state index is 12.2. The van der Waals surface area contributed by atoms with Crippen LogP contribution in [0.25, 0.3) is 11.8 Å². The molecule has 0 unspecified atom stereocenters. The highest BCUT2D eigenvalue weighted by Gasteiger charge is 2.06. The van der Waals surface area contributed by atoms with Crippen LogP contribution < -0.4 is 14.8 Å². The van der Waals surface area contributed by atoms with Crippen molar-refractivity contribution in [2.45, 2.75) is 13.8 Å². The van der Waals surface area contributed by atoms with Crippen LogP contribution in [0.1, 0.15) is 19.4 Å². The largest absolute Gasteiger partial charge is 0.493 e. The molecule has 0 aliphatic heterocycles. The molecular formula is C21H23N5O3. The fourth-order valence-corrected chi connectivity index (χ4v) is 2.50. The molecule has 8 heteroatoms. The second kappa shape index (κ2) is 9.50. The fourth-order valence-electron chi connectivity index (χ4n) is 2.50. The van der Waals surface area contributed by atoms with E-state index in [4.69, 9.17) is 9.47 Å². The van der Waals surface area contributed by atoms with Crippen molar-refractivity contribution in [1.82, 2.24) is 20.2 Å². The molecule has 0 spiro atoms. The normalized spacial score (nSPS) is 11.0. The van der Waals surface area contributed by atoms with Gasteiger partial charge in [-0.1, -0.05) is 19.9 Å². The van der Waals surface area contributed by atoms with Gasteiger partial charge in [-0.25, -0.2) is 4.68 Å². The maximum Gasteiger partial charge on any atom is 0.248 e. The number of methoxy groups -OCH3 is 1. The Morgan fingerprint density at radius 2 is 1.97 bits per heavy atom. The van der Waals surface area contributed by atoms with Crippen molar-refractivity contribution in [1.29, 1.82) is 0 Å². The summed E-state index contributed by atoms with van der Waals surface area (Å²) in [6.07, 6.45) is 4.70. The molecule has 0 atom stereocenters. The third-order valence-electron chi connectivity index (χ3n) is 3.94. The first-order chi connectivity index (χ1) is 14.0. The van der Waals surface area contributed by atoms with Crippen LogP contribution in [-0.2, 0) is 4.79 Å². The molecule has 1 aromatic heterocycles. The molecule has 2 aromatic carbocycles. The van der Waals surface area contributed by atoms with Crippen molar-refractivity contribution in [3.63, 3.8) is 0 Å². The van der Waals surface area contributed by atoms with Crippen molar-refractivity contribution in [3.05, 3.63) is 60.4 Å². The van der Waals surface area contributed by atoms with Crippen LogP contribution in [0.2, 0.25) is 0 Å². The van der Waals surface area contributed by atoms with Crippen LogP contribution >= 0.6 is 0 Å². The minimum absolute atomic E-state index is 0.237. The molecule has 0 radical (unpaired) electrons. The number of nitrogens with zero attached hydrogens (tertiary/aromatic N) is 4. The molecular weight excluding hydrogens is 370 g/mol. The fraction of sp³-hybridized carbons (Fsp3) is 0.238. The van der Waals surface area contributed by atoms with Gasteiger partial charge in [-0.3, -0.25) is 4.79 Å². The number of rotatable bonds is 8. The molecule has 29 heavy (non-hydrogen) atoms. The predicted octanol–water partition coefficient (Wildman–Crippen LogP) is 3.36. The Morgan fingerprint density at radius 1 is 1.17 bits per heavy atom. The number of ether oxygens (including phenoxy) is 2. The number of tetrazole rings is 1. The zero-order valence-corrected chi connectivity index (χ0v) is 16.6. The lowest BCUT2D eigenvalue weighted by Crippen LogP contribution is -2.08. The van der Waals surface area contributed by atoms with Crippen molar-refractivity contribution < 1.29 is 14.3 Å². The first-order valence-corrected chi connectivity index (χ1v) is 9.18. The van der Waals surface area contributed by atoms with Gasteiger partial charge in [0.25, 0.3) is 0 Å². The van der Waals surface area contributed by atoms with Gasteiger partial charge in [-0.2, -0.15) is 0 Å². The van der Waals surface area contributed by atoms with Gasteiger partial charge >= 0.3 is 0 Å². The van der Waals surface area contributed by atoms with E-state index < -0.39 is 0 Å². The molecule has 0 fully saturated rings. The summed E-state index contributed by atoms with van der Waals surface area (Å²) in [4.78, 5) is 12.2. The number of benzene rings is 2. The van der Waals surface area contributed by atoms with Crippen LogP contribution in [0.15, 0.2) is 54.9 Å². The van der Waals surface area contributed by atoms with E-state index in [0.717, 1.165) is 11.3 Å². The molecule has 0 saturated carbocycles. The van der Waals surface area contributed by atoms with Crippen LogP contribution in [0.5, 0.6) is 11.5 Å². The molecule has 8 nitrogen and oxygen atoms in total. The van der Waals surface area contributed by atoms with Gasteiger partial charge in [0.15, 0.2) is 11.5 Å². The Kier molecular flexibility index (Phi) is 6.57. The summed E-state index contributed by atoms with van der Waals surface area (Å²) in [5.41, 5.74) is 2.31. The minimum atomic E-state index is -0.237. The molecule has 1 heterocycles. The lowest BCUT2D eigenvalue weighted by molar-refractivity contribution is -0.111. The first kappa shape index (κ1) is 20.1. The SMILES string of the molecule is COc1cc(/C=C/C(=O)Nc2ccc(-n3cnnn3)cc2)ccc1OCC(C)C. The Hall–Kier alpha value is -3.68. The van der Waals surface area contributed by atoms with Crippen LogP contribution in [0.3, 0.4) is 0 Å². The van der Waals surface area contributed by atoms with E-state index in [1.807, 2.05) is 30.3 Å². The van der Waals surface area contributed by atoms with Gasteiger partial charge in [-0.15, -0.1) is 5.10 Å². The molecule has 0 aliphatic carbocycles. The Labute approximate surface area is 169 Å². The monoisotopic (exact) mass is 393 g/mol. The van der Waals surface area contributed by atoms with E-state index >= 15 is 0 Å². The number of hydrogen-bond acceptors (Lipinski definition) is 6. The number of hydrogen-bond donors (Lipinski definition) is 1. The molecule has 3 aromatic rings. The smallest absolute Gasteiger partial charge is 0.248 e. The highest BCUT2D eigenvalue weighted by molar-refractivity contribution is 6.02. The van der Waals surface area contributed by atoms with Crippen molar-refractivity contribution in [2.24, 2.45) is 5.92 Å². The van der Waals surface area contributed by atoms with Crippen molar-refractivity contribution in [2.75, 3.05) is 19.0 Å². The summed E-state index contributed by atoms with van der Waals surface area (Å²) < 4.78 is 12.7. The zero-order chi connectivity index (χ0) is 20.6. The number of anilines is 1. The van der Waals surface area contributed by atoms with Gasteiger partial charge in [0, 0.05) is 11.8 Å². The molecule has 0 bridgehead atoms. The van der Waals surface area contributed by atoms with E-state index in [1.54, 1.807) is 25.3 Å². The van der Waals surface area contributed by atoms with Crippen LogP contribution in [-0.4, -0.2) is 39.8 Å². The number of nitrogens with one attached hydrogen (secondary N) is 1. The third-order valence-corrected chi connectivity index (χ3v) is 3.94. The molecule has 3 rings (SSSR count). The minimum Gasteiger partial charge on any atom is -0.493 e. The summed E-state index contributed by atoms with van der Waals surface area (Å²) in [5, 5.41) is 13.8. The predicted molar refractivity (Wildman–Crippen MR) is 110 cm³/mol. The summed E-state index contributed by atoms with van der Waals surface area (Å²) in [5.74, 6) is 1.50. The second-order valence-corrected chi connectivity index (χ2v) is 6.74. The van der Waals surface area contributed by atoms with Gasteiger partial charge in [0.05, 0.1) is 19.4 Å². The highest BCUT2D eigenvalue weighted by atomic mass is 16.5. The lowest BCUT2D eigenvalue weighted by atomic mass is 10.2. The van der Waals surface area contributed by atoms with E-state index in [1.165, 1.54) is 17.1 Å². The number of aromatic nitrogens is 4. The molecule has 0 saturated heterocycles. The summed E-state index contributed by atoms with van der Waals surface area (Å²) in [7, 11) is 1.59. The molecule has 1 N–H and O–H groups in total. The molecule has 1 amide bonds. The van der Waals surface area contributed by atoms with Gasteiger partial charge in [-0.05, 0) is 64.4 Å². The van der Waals surface area contributed by atoms with Crippen LogP contribution in [0.4, 0.5) is 5.69 Å². The standard InChI is InChI=1S/C21H23N5O3/c1-15(2)13-29-19-10-4-16(12-20(19)28-3)5-11-21(27)23-17-6-8-18(9-7-17)26-14-22-24-25-26/h4-12,14-15H,13H2,1-3H3,(H,23,27)/b11-5+. The zero-order valence-electron chi connectivity index (χ0n) is 16.6.